The molecule has 3 heteroatoms. The number of aryl methyl sites for hydroxylation is 1. The Kier molecular flexibility index (Phi) is 4.70. The topological polar surface area (TPSA) is 24.5 Å². The van der Waals surface area contributed by atoms with Crippen molar-refractivity contribution in [1.29, 1.82) is 0 Å². The maximum absolute atomic E-state index is 5.47. The van der Waals surface area contributed by atoms with E-state index in [1.807, 2.05) is 0 Å². The summed E-state index contributed by atoms with van der Waals surface area (Å²) in [7, 11) is 0. The molecule has 1 saturated heterocycles. The zero-order valence-electron chi connectivity index (χ0n) is 14.2. The number of benzene rings is 2. The van der Waals surface area contributed by atoms with Gasteiger partial charge >= 0.3 is 0 Å². The van der Waals surface area contributed by atoms with Gasteiger partial charge in [0.05, 0.1) is 13.2 Å². The van der Waals surface area contributed by atoms with Crippen molar-refractivity contribution < 1.29 is 4.74 Å². The third-order valence-corrected chi connectivity index (χ3v) is 5.15. The molecule has 2 aliphatic heterocycles. The van der Waals surface area contributed by atoms with Crippen LogP contribution >= 0.6 is 0 Å². The number of fused-ring (bicyclic) bond motifs is 1. The van der Waals surface area contributed by atoms with Crippen LogP contribution in [0.4, 0.5) is 11.4 Å². The van der Waals surface area contributed by atoms with Crippen LogP contribution in [-0.2, 0) is 17.6 Å². The Hall–Kier alpha value is -2.00. The van der Waals surface area contributed by atoms with E-state index in [2.05, 4.69) is 58.7 Å². The predicted octanol–water partition coefficient (Wildman–Crippen LogP) is 3.88. The van der Waals surface area contributed by atoms with Crippen molar-refractivity contribution in [3.63, 3.8) is 0 Å². The lowest BCUT2D eigenvalue weighted by atomic mass is 10.0. The molecule has 0 aromatic heterocycles. The summed E-state index contributed by atoms with van der Waals surface area (Å²) in [6, 6.07) is 18.3. The van der Waals surface area contributed by atoms with Gasteiger partial charge in [-0.05, 0) is 55.0 Å². The van der Waals surface area contributed by atoms with Gasteiger partial charge in [-0.2, -0.15) is 0 Å². The van der Waals surface area contributed by atoms with Gasteiger partial charge in [0.25, 0.3) is 0 Å². The highest BCUT2D eigenvalue weighted by Gasteiger charge is 2.18. The average molecular weight is 322 g/mol. The van der Waals surface area contributed by atoms with Gasteiger partial charge in [-0.3, -0.25) is 0 Å². The maximum Gasteiger partial charge on any atom is 0.0642 e. The van der Waals surface area contributed by atoms with Crippen molar-refractivity contribution in [2.24, 2.45) is 0 Å². The number of morpholine rings is 1. The van der Waals surface area contributed by atoms with Crippen LogP contribution < -0.4 is 10.2 Å². The van der Waals surface area contributed by atoms with Crippen molar-refractivity contribution in [3.05, 3.63) is 59.7 Å². The fourth-order valence-corrected chi connectivity index (χ4v) is 3.83. The highest BCUT2D eigenvalue weighted by atomic mass is 16.5. The van der Waals surface area contributed by atoms with E-state index in [4.69, 9.17) is 4.74 Å². The van der Waals surface area contributed by atoms with Gasteiger partial charge in [0, 0.05) is 30.5 Å². The normalized spacial score (nSPS) is 20.8. The zero-order chi connectivity index (χ0) is 16.2. The first-order chi connectivity index (χ1) is 11.9. The van der Waals surface area contributed by atoms with Gasteiger partial charge < -0.3 is 15.0 Å². The van der Waals surface area contributed by atoms with Crippen LogP contribution in [0.2, 0.25) is 0 Å². The minimum atomic E-state index is 0.530. The monoisotopic (exact) mass is 322 g/mol. The molecule has 126 valence electrons. The molecule has 2 aromatic rings. The number of hydrogen-bond donors (Lipinski definition) is 1. The van der Waals surface area contributed by atoms with Gasteiger partial charge in [0.2, 0.25) is 0 Å². The van der Waals surface area contributed by atoms with Crippen molar-refractivity contribution in [2.75, 3.05) is 36.5 Å². The maximum atomic E-state index is 5.47. The van der Waals surface area contributed by atoms with E-state index in [-0.39, 0.29) is 0 Å². The van der Waals surface area contributed by atoms with E-state index in [0.717, 1.165) is 32.7 Å². The molecular formula is C21H26N2O. The molecule has 0 radical (unpaired) electrons. The molecule has 1 unspecified atom stereocenters. The molecular weight excluding hydrogens is 296 g/mol. The molecule has 4 rings (SSSR count). The summed E-state index contributed by atoms with van der Waals surface area (Å²) < 4.78 is 5.47. The summed E-state index contributed by atoms with van der Waals surface area (Å²) in [5.74, 6) is 0. The van der Waals surface area contributed by atoms with E-state index in [1.165, 1.54) is 41.8 Å². The number of hydrogen-bond acceptors (Lipinski definition) is 3. The van der Waals surface area contributed by atoms with E-state index in [0.29, 0.717) is 6.04 Å². The van der Waals surface area contributed by atoms with Gasteiger partial charge in [-0.1, -0.05) is 30.3 Å². The number of anilines is 2. The first-order valence-corrected chi connectivity index (χ1v) is 9.14. The highest BCUT2D eigenvalue weighted by molar-refractivity contribution is 5.62. The number of nitrogens with one attached hydrogen (secondary N) is 1. The van der Waals surface area contributed by atoms with Gasteiger partial charge in [-0.15, -0.1) is 0 Å². The third kappa shape index (κ3) is 3.57. The molecule has 2 aromatic carbocycles. The minimum Gasteiger partial charge on any atom is -0.382 e. The molecule has 24 heavy (non-hydrogen) atoms. The van der Waals surface area contributed by atoms with Gasteiger partial charge in [0.1, 0.15) is 0 Å². The van der Waals surface area contributed by atoms with Crippen LogP contribution in [0.15, 0.2) is 48.5 Å². The zero-order valence-corrected chi connectivity index (χ0v) is 14.2. The average Bonchev–Trinajstić information content (AvgIpc) is 2.84. The van der Waals surface area contributed by atoms with Crippen molar-refractivity contribution >= 4 is 11.4 Å². The Morgan fingerprint density at radius 1 is 1.04 bits per heavy atom. The Morgan fingerprint density at radius 2 is 1.88 bits per heavy atom. The van der Waals surface area contributed by atoms with Crippen LogP contribution in [0, 0.1) is 0 Å². The number of ether oxygens (including phenoxy) is 1. The fourth-order valence-electron chi connectivity index (χ4n) is 3.83. The fraction of sp³-hybridized carbons (Fsp3) is 0.429. The smallest absolute Gasteiger partial charge is 0.0642 e. The second kappa shape index (κ2) is 7.27. The van der Waals surface area contributed by atoms with E-state index in [9.17, 15) is 0 Å². The molecule has 0 amide bonds. The molecule has 1 atom stereocenters. The molecule has 0 aliphatic carbocycles. The lowest BCUT2D eigenvalue weighted by Crippen LogP contribution is -2.36. The second-order valence-electron chi connectivity index (χ2n) is 6.86. The lowest BCUT2D eigenvalue weighted by Gasteiger charge is -2.29. The van der Waals surface area contributed by atoms with Crippen LogP contribution in [0.5, 0.6) is 0 Å². The molecule has 0 spiro atoms. The Labute approximate surface area is 144 Å². The lowest BCUT2D eigenvalue weighted by molar-refractivity contribution is 0.122. The quantitative estimate of drug-likeness (QED) is 0.928. The van der Waals surface area contributed by atoms with Crippen LogP contribution in [-0.4, -0.2) is 32.3 Å². The summed E-state index contributed by atoms with van der Waals surface area (Å²) in [4.78, 5) is 2.44. The molecule has 3 nitrogen and oxygen atoms in total. The van der Waals surface area contributed by atoms with Crippen molar-refractivity contribution in [3.8, 4) is 0 Å². The van der Waals surface area contributed by atoms with Crippen molar-refractivity contribution in [1.82, 2.24) is 0 Å². The molecule has 1 N–H and O–H groups in total. The number of nitrogens with zero attached hydrogens (tertiary/aromatic N) is 1. The largest absolute Gasteiger partial charge is 0.382 e. The van der Waals surface area contributed by atoms with E-state index in [1.54, 1.807) is 0 Å². The summed E-state index contributed by atoms with van der Waals surface area (Å²) in [6.07, 6.45) is 4.76. The summed E-state index contributed by atoms with van der Waals surface area (Å²) in [6.45, 7) is 3.69. The third-order valence-electron chi connectivity index (χ3n) is 5.15. The van der Waals surface area contributed by atoms with E-state index < -0.39 is 0 Å². The Balaban J connectivity index is 1.49. The van der Waals surface area contributed by atoms with Gasteiger partial charge in [0.15, 0.2) is 0 Å². The van der Waals surface area contributed by atoms with Crippen LogP contribution in [0.25, 0.3) is 0 Å². The van der Waals surface area contributed by atoms with Crippen molar-refractivity contribution in [2.45, 2.75) is 31.7 Å². The molecule has 0 saturated carbocycles. The van der Waals surface area contributed by atoms with Crippen LogP contribution in [0.1, 0.15) is 24.0 Å². The molecule has 0 bridgehead atoms. The van der Waals surface area contributed by atoms with Crippen LogP contribution in [0.3, 0.4) is 0 Å². The first kappa shape index (κ1) is 15.5. The van der Waals surface area contributed by atoms with E-state index >= 15 is 0 Å². The highest BCUT2D eigenvalue weighted by Crippen LogP contribution is 2.29. The first-order valence-electron chi connectivity index (χ1n) is 9.14. The molecule has 1 fully saturated rings. The Morgan fingerprint density at radius 3 is 2.71 bits per heavy atom. The standard InChI is InChI=1S/C21H26N2O/c1-2-5-17(6-3-1)15-19-8-4-7-18-16-20(9-10-21(18)22-19)23-11-13-24-14-12-23/h1-3,5-6,9-10,16,19,22H,4,7-8,11-15H2. The molecule has 2 aliphatic rings. The summed E-state index contributed by atoms with van der Waals surface area (Å²) in [5, 5.41) is 3.79. The summed E-state index contributed by atoms with van der Waals surface area (Å²) >= 11 is 0. The molecule has 2 heterocycles. The predicted molar refractivity (Wildman–Crippen MR) is 100.0 cm³/mol. The SMILES string of the molecule is c1ccc(CC2CCCc3cc(N4CCOCC4)ccc3N2)cc1. The summed E-state index contributed by atoms with van der Waals surface area (Å²) in [5.41, 5.74) is 5.56. The second-order valence-corrected chi connectivity index (χ2v) is 6.86. The Bertz CT molecular complexity index is 665. The number of rotatable bonds is 3. The van der Waals surface area contributed by atoms with Gasteiger partial charge in [-0.25, -0.2) is 0 Å². The minimum absolute atomic E-state index is 0.530.